The topological polar surface area (TPSA) is 26.0 Å². The highest BCUT2D eigenvalue weighted by atomic mass is 32.2. The number of nitrogens with two attached hydrogens (primary N) is 1. The molecule has 1 aromatic rings. The van der Waals surface area contributed by atoms with Crippen molar-refractivity contribution in [3.8, 4) is 0 Å². The Morgan fingerprint density at radius 2 is 1.93 bits per heavy atom. The Hall–Kier alpha value is -0.890. The van der Waals surface area contributed by atoms with Gasteiger partial charge >= 0.3 is 0 Å². The van der Waals surface area contributed by atoms with Crippen LogP contribution in [0.4, 0.5) is 5.69 Å². The van der Waals surface area contributed by atoms with Gasteiger partial charge in [0.15, 0.2) is 0 Å². The molecule has 0 fully saturated rings. The molecule has 1 atom stereocenters. The average molecular weight is 205 g/mol. The molecule has 1 aliphatic rings. The minimum Gasteiger partial charge on any atom is -0.399 e. The molecule has 0 bridgehead atoms. The first-order chi connectivity index (χ1) is 6.84. The van der Waals surface area contributed by atoms with Gasteiger partial charge in [0.25, 0.3) is 0 Å². The van der Waals surface area contributed by atoms with Crippen molar-refractivity contribution in [3.63, 3.8) is 0 Å². The zero-order chi connectivity index (χ0) is 9.80. The monoisotopic (exact) mass is 205 g/mol. The summed E-state index contributed by atoms with van der Waals surface area (Å²) >= 11 is 1.97. The van der Waals surface area contributed by atoms with Gasteiger partial charge in [-0.1, -0.05) is 12.2 Å². The van der Waals surface area contributed by atoms with Crippen LogP contribution in [0.15, 0.2) is 41.3 Å². The lowest BCUT2D eigenvalue weighted by atomic mass is 10.1. The maximum atomic E-state index is 5.64. The predicted molar refractivity (Wildman–Crippen MR) is 63.5 cm³/mol. The van der Waals surface area contributed by atoms with Gasteiger partial charge < -0.3 is 5.73 Å². The second-order valence-electron chi connectivity index (χ2n) is 3.59. The molecule has 0 saturated carbocycles. The summed E-state index contributed by atoms with van der Waals surface area (Å²) in [5.41, 5.74) is 6.48. The first-order valence-corrected chi connectivity index (χ1v) is 5.90. The Kier molecular flexibility index (Phi) is 3.14. The fourth-order valence-electron chi connectivity index (χ4n) is 1.61. The minimum atomic E-state index is 0.753. The number of hydrogen-bond donors (Lipinski definition) is 1. The summed E-state index contributed by atoms with van der Waals surface area (Å²) < 4.78 is 0. The van der Waals surface area contributed by atoms with E-state index < -0.39 is 0 Å². The molecular weight excluding hydrogens is 190 g/mol. The number of allylic oxidation sites excluding steroid dienone is 2. The quantitative estimate of drug-likeness (QED) is 0.591. The lowest BCUT2D eigenvalue weighted by Gasteiger charge is -2.16. The fraction of sp³-hybridized carbons (Fsp3) is 0.333. The SMILES string of the molecule is Nc1ccc(SC2CC=CCC2)cc1. The Morgan fingerprint density at radius 1 is 1.14 bits per heavy atom. The lowest BCUT2D eigenvalue weighted by Crippen LogP contribution is -2.03. The molecule has 0 radical (unpaired) electrons. The van der Waals surface area contributed by atoms with Crippen molar-refractivity contribution in [3.05, 3.63) is 36.4 Å². The van der Waals surface area contributed by atoms with Crippen molar-refractivity contribution in [2.45, 2.75) is 29.4 Å². The number of benzene rings is 1. The maximum Gasteiger partial charge on any atom is 0.0314 e. The fourth-order valence-corrected chi connectivity index (χ4v) is 2.75. The molecule has 2 N–H and O–H groups in total. The number of rotatable bonds is 2. The highest BCUT2D eigenvalue weighted by molar-refractivity contribution is 8.00. The molecule has 0 saturated heterocycles. The van der Waals surface area contributed by atoms with Gasteiger partial charge in [0.1, 0.15) is 0 Å². The van der Waals surface area contributed by atoms with Gasteiger partial charge in [-0.05, 0) is 43.5 Å². The molecule has 1 aliphatic carbocycles. The normalized spacial score (nSPS) is 21.0. The van der Waals surface area contributed by atoms with Gasteiger partial charge in [-0.15, -0.1) is 11.8 Å². The highest BCUT2D eigenvalue weighted by Gasteiger charge is 2.10. The molecule has 0 aliphatic heterocycles. The molecule has 14 heavy (non-hydrogen) atoms. The Bertz CT molecular complexity index is 316. The van der Waals surface area contributed by atoms with E-state index >= 15 is 0 Å². The zero-order valence-electron chi connectivity index (χ0n) is 8.15. The molecule has 2 heteroatoms. The van der Waals surface area contributed by atoms with Crippen LogP contribution in [0.1, 0.15) is 19.3 Å². The highest BCUT2D eigenvalue weighted by Crippen LogP contribution is 2.31. The first kappa shape index (κ1) is 9.66. The molecule has 0 heterocycles. The summed E-state index contributed by atoms with van der Waals surface area (Å²) in [5, 5.41) is 0.753. The van der Waals surface area contributed by atoms with E-state index in [1.165, 1.54) is 24.2 Å². The molecule has 2 rings (SSSR count). The molecule has 1 aromatic carbocycles. The third kappa shape index (κ3) is 2.55. The number of anilines is 1. The van der Waals surface area contributed by atoms with Crippen LogP contribution in [-0.4, -0.2) is 5.25 Å². The second-order valence-corrected chi connectivity index (χ2v) is 4.97. The maximum absolute atomic E-state index is 5.64. The summed E-state index contributed by atoms with van der Waals surface area (Å²) in [7, 11) is 0. The summed E-state index contributed by atoms with van der Waals surface area (Å²) in [5.74, 6) is 0. The van der Waals surface area contributed by atoms with Gasteiger partial charge in [0.2, 0.25) is 0 Å². The van der Waals surface area contributed by atoms with Gasteiger partial charge in [0, 0.05) is 15.8 Å². The van der Waals surface area contributed by atoms with E-state index in [4.69, 9.17) is 5.73 Å². The molecule has 1 nitrogen and oxygen atoms in total. The van der Waals surface area contributed by atoms with Crippen LogP contribution < -0.4 is 5.73 Å². The van der Waals surface area contributed by atoms with Crippen molar-refractivity contribution >= 4 is 17.4 Å². The van der Waals surface area contributed by atoms with E-state index in [-0.39, 0.29) is 0 Å². The summed E-state index contributed by atoms with van der Waals surface area (Å²) in [4.78, 5) is 1.33. The third-order valence-corrected chi connectivity index (χ3v) is 3.71. The molecule has 1 unspecified atom stereocenters. The smallest absolute Gasteiger partial charge is 0.0314 e. The van der Waals surface area contributed by atoms with Crippen LogP contribution in [0.3, 0.4) is 0 Å². The molecule has 74 valence electrons. The first-order valence-electron chi connectivity index (χ1n) is 5.02. The molecular formula is C12H15NS. The van der Waals surface area contributed by atoms with Crippen molar-refractivity contribution in [1.82, 2.24) is 0 Å². The minimum absolute atomic E-state index is 0.753. The van der Waals surface area contributed by atoms with Gasteiger partial charge in [-0.2, -0.15) is 0 Å². The summed E-state index contributed by atoms with van der Waals surface area (Å²) in [6, 6.07) is 8.17. The van der Waals surface area contributed by atoms with Gasteiger partial charge in [0.05, 0.1) is 0 Å². The van der Waals surface area contributed by atoms with Crippen LogP contribution >= 0.6 is 11.8 Å². The zero-order valence-corrected chi connectivity index (χ0v) is 8.96. The van der Waals surface area contributed by atoms with Crippen LogP contribution in [0.5, 0.6) is 0 Å². The van der Waals surface area contributed by atoms with Crippen LogP contribution in [0.25, 0.3) is 0 Å². The van der Waals surface area contributed by atoms with E-state index in [2.05, 4.69) is 24.3 Å². The summed E-state index contributed by atoms with van der Waals surface area (Å²) in [6.45, 7) is 0. The Labute approximate surface area is 89.4 Å². The van der Waals surface area contributed by atoms with E-state index in [9.17, 15) is 0 Å². The van der Waals surface area contributed by atoms with E-state index in [0.29, 0.717) is 0 Å². The second kappa shape index (κ2) is 4.56. The van der Waals surface area contributed by atoms with Gasteiger partial charge in [-0.25, -0.2) is 0 Å². The number of hydrogen-bond acceptors (Lipinski definition) is 2. The van der Waals surface area contributed by atoms with Gasteiger partial charge in [-0.3, -0.25) is 0 Å². The van der Waals surface area contributed by atoms with Crippen molar-refractivity contribution in [2.24, 2.45) is 0 Å². The number of nitrogen functional groups attached to an aromatic ring is 1. The van der Waals surface area contributed by atoms with Crippen LogP contribution in [-0.2, 0) is 0 Å². The standard InChI is InChI=1S/C12H15NS/c13-10-6-8-12(9-7-10)14-11-4-2-1-3-5-11/h1-2,6-9,11H,3-5,13H2. The average Bonchev–Trinajstić information content (AvgIpc) is 2.23. The Balaban J connectivity index is 1.96. The van der Waals surface area contributed by atoms with Crippen molar-refractivity contribution in [2.75, 3.05) is 5.73 Å². The number of thioether (sulfide) groups is 1. The van der Waals surface area contributed by atoms with E-state index in [0.717, 1.165) is 10.9 Å². The predicted octanol–water partition coefficient (Wildman–Crippen LogP) is 3.47. The Morgan fingerprint density at radius 3 is 2.57 bits per heavy atom. The van der Waals surface area contributed by atoms with Crippen molar-refractivity contribution in [1.29, 1.82) is 0 Å². The van der Waals surface area contributed by atoms with E-state index in [1.54, 1.807) is 0 Å². The van der Waals surface area contributed by atoms with E-state index in [1.807, 2.05) is 23.9 Å². The third-order valence-electron chi connectivity index (χ3n) is 2.40. The largest absolute Gasteiger partial charge is 0.399 e. The molecule has 0 amide bonds. The molecule has 0 spiro atoms. The van der Waals surface area contributed by atoms with Crippen LogP contribution in [0, 0.1) is 0 Å². The molecule has 0 aromatic heterocycles. The van der Waals surface area contributed by atoms with Crippen LogP contribution in [0.2, 0.25) is 0 Å². The lowest BCUT2D eigenvalue weighted by molar-refractivity contribution is 0.748. The van der Waals surface area contributed by atoms with Crippen molar-refractivity contribution < 1.29 is 0 Å². The summed E-state index contributed by atoms with van der Waals surface area (Å²) in [6.07, 6.45) is 8.30.